The quantitative estimate of drug-likeness (QED) is 0.629. The van der Waals surface area contributed by atoms with Gasteiger partial charge >= 0.3 is 0 Å². The van der Waals surface area contributed by atoms with Crippen LogP contribution in [0.3, 0.4) is 0 Å². The van der Waals surface area contributed by atoms with Gasteiger partial charge in [0.2, 0.25) is 5.91 Å². The molecule has 2 heterocycles. The Morgan fingerprint density at radius 2 is 1.77 bits per heavy atom. The highest BCUT2D eigenvalue weighted by atomic mass is 32.1. The van der Waals surface area contributed by atoms with Gasteiger partial charge < -0.3 is 10.0 Å². The summed E-state index contributed by atoms with van der Waals surface area (Å²) in [6.07, 6.45) is 5.09. The van der Waals surface area contributed by atoms with E-state index in [0.29, 0.717) is 19.4 Å². The Bertz CT molecular complexity index is 1040. The number of amides is 1. The molecular weight excluding hydrogens is 404 g/mol. The van der Waals surface area contributed by atoms with E-state index in [1.165, 1.54) is 0 Å². The van der Waals surface area contributed by atoms with Gasteiger partial charge in [-0.3, -0.25) is 4.79 Å². The van der Waals surface area contributed by atoms with Crippen molar-refractivity contribution >= 4 is 17.2 Å². The van der Waals surface area contributed by atoms with Crippen molar-refractivity contribution in [3.63, 3.8) is 0 Å². The zero-order chi connectivity index (χ0) is 21.3. The summed E-state index contributed by atoms with van der Waals surface area (Å²) in [4.78, 5) is 20.1. The lowest BCUT2D eigenvalue weighted by Gasteiger charge is -2.52. The predicted octanol–water partition coefficient (Wildman–Crippen LogP) is 5.03. The Morgan fingerprint density at radius 3 is 2.55 bits per heavy atom. The number of carbonyl (C=O) groups is 1. The monoisotopic (exact) mass is 432 g/mol. The van der Waals surface area contributed by atoms with Crippen molar-refractivity contribution in [3.8, 4) is 10.6 Å². The second-order valence-electron chi connectivity index (χ2n) is 8.77. The first-order chi connectivity index (χ1) is 15.1. The zero-order valence-electron chi connectivity index (χ0n) is 17.6. The van der Waals surface area contributed by atoms with Crippen LogP contribution in [0.25, 0.3) is 10.6 Å². The lowest BCUT2D eigenvalue weighted by molar-refractivity contribution is -0.154. The number of benzene rings is 2. The number of piperidine rings is 1. The molecule has 1 saturated heterocycles. The van der Waals surface area contributed by atoms with E-state index in [1.54, 1.807) is 11.3 Å². The van der Waals surface area contributed by atoms with Gasteiger partial charge in [-0.15, -0.1) is 11.3 Å². The summed E-state index contributed by atoms with van der Waals surface area (Å²) in [5.41, 5.74) is 2.07. The first-order valence-electron chi connectivity index (χ1n) is 11.2. The molecule has 0 spiro atoms. The molecule has 160 valence electrons. The minimum Gasteiger partial charge on any atom is -0.385 e. The summed E-state index contributed by atoms with van der Waals surface area (Å²) < 4.78 is 0. The summed E-state index contributed by atoms with van der Waals surface area (Å²) in [6.45, 7) is 0.598. The van der Waals surface area contributed by atoms with E-state index in [9.17, 15) is 9.90 Å². The highest BCUT2D eigenvalue weighted by Gasteiger charge is 2.50. The summed E-state index contributed by atoms with van der Waals surface area (Å²) in [5, 5.41) is 14.7. The highest BCUT2D eigenvalue weighted by Crippen LogP contribution is 2.47. The standard InChI is InChI=1S/C26H28N2O2S/c29-24(17-21-18-31-25(27-21)19-9-3-1-4-10-19)28-16-15-26(30,20-11-5-2-6-12-20)22-13-7-8-14-23(22)28/h1-6,9-12,18,22-23,30H,7-8,13-17H2/t22-,23-,26-/m1/s1. The maximum Gasteiger partial charge on any atom is 0.228 e. The number of hydrogen-bond donors (Lipinski definition) is 1. The number of thiazole rings is 1. The maximum atomic E-state index is 13.3. The first-order valence-corrected chi connectivity index (χ1v) is 12.1. The molecule has 5 heteroatoms. The minimum atomic E-state index is -0.843. The van der Waals surface area contributed by atoms with Crippen molar-refractivity contribution < 1.29 is 9.90 Å². The number of rotatable bonds is 4. The van der Waals surface area contributed by atoms with Gasteiger partial charge in [0.25, 0.3) is 0 Å². The van der Waals surface area contributed by atoms with Crippen molar-refractivity contribution in [2.45, 2.75) is 50.2 Å². The number of hydrogen-bond acceptors (Lipinski definition) is 4. The van der Waals surface area contributed by atoms with Crippen LogP contribution in [0.2, 0.25) is 0 Å². The van der Waals surface area contributed by atoms with Crippen molar-refractivity contribution in [1.82, 2.24) is 9.88 Å². The van der Waals surface area contributed by atoms with Crippen LogP contribution in [0.4, 0.5) is 0 Å². The second kappa shape index (κ2) is 8.56. The van der Waals surface area contributed by atoms with E-state index >= 15 is 0 Å². The molecule has 0 bridgehead atoms. The third kappa shape index (κ3) is 3.92. The van der Waals surface area contributed by atoms with Crippen LogP contribution in [0, 0.1) is 5.92 Å². The number of likely N-dealkylation sites (tertiary alicyclic amines) is 1. The second-order valence-corrected chi connectivity index (χ2v) is 9.63. The number of aromatic nitrogens is 1. The molecule has 5 rings (SSSR count). The average Bonchev–Trinajstić information content (AvgIpc) is 3.29. The van der Waals surface area contributed by atoms with E-state index in [2.05, 4.69) is 0 Å². The molecule has 2 aromatic carbocycles. The van der Waals surface area contributed by atoms with Gasteiger partial charge in [-0.1, -0.05) is 73.5 Å². The van der Waals surface area contributed by atoms with Gasteiger partial charge in [0.15, 0.2) is 0 Å². The number of aliphatic hydroxyl groups is 1. The molecule has 1 aliphatic carbocycles. The maximum absolute atomic E-state index is 13.3. The van der Waals surface area contributed by atoms with Crippen molar-refractivity contribution in [3.05, 3.63) is 77.3 Å². The summed E-state index contributed by atoms with van der Waals surface area (Å²) in [5.74, 6) is 0.230. The smallest absolute Gasteiger partial charge is 0.228 e. The van der Waals surface area contributed by atoms with E-state index in [-0.39, 0.29) is 17.9 Å². The van der Waals surface area contributed by atoms with Gasteiger partial charge in [0.1, 0.15) is 5.01 Å². The largest absolute Gasteiger partial charge is 0.385 e. The number of fused-ring (bicyclic) bond motifs is 1. The molecule has 2 aliphatic rings. The van der Waals surface area contributed by atoms with Crippen LogP contribution in [-0.4, -0.2) is 33.5 Å². The molecule has 0 unspecified atom stereocenters. The average molecular weight is 433 g/mol. The Morgan fingerprint density at radius 1 is 1.06 bits per heavy atom. The van der Waals surface area contributed by atoms with Crippen LogP contribution < -0.4 is 0 Å². The van der Waals surface area contributed by atoms with E-state index in [1.807, 2.05) is 70.9 Å². The predicted molar refractivity (Wildman–Crippen MR) is 124 cm³/mol. The van der Waals surface area contributed by atoms with Crippen molar-refractivity contribution in [1.29, 1.82) is 0 Å². The summed E-state index contributed by atoms with van der Waals surface area (Å²) >= 11 is 1.59. The van der Waals surface area contributed by atoms with Gasteiger partial charge in [0.05, 0.1) is 17.7 Å². The van der Waals surface area contributed by atoms with Crippen LogP contribution in [-0.2, 0) is 16.8 Å². The fourth-order valence-electron chi connectivity index (χ4n) is 5.44. The molecule has 2 fully saturated rings. The molecule has 0 radical (unpaired) electrons. The fraction of sp³-hybridized carbons (Fsp3) is 0.385. The normalized spacial score (nSPS) is 25.8. The van der Waals surface area contributed by atoms with Crippen LogP contribution in [0.15, 0.2) is 66.0 Å². The topological polar surface area (TPSA) is 53.4 Å². The van der Waals surface area contributed by atoms with E-state index in [4.69, 9.17) is 4.98 Å². The molecule has 1 aliphatic heterocycles. The molecule has 4 nitrogen and oxygen atoms in total. The third-order valence-corrected chi connectivity index (χ3v) is 7.92. The Balaban J connectivity index is 1.34. The molecule has 31 heavy (non-hydrogen) atoms. The first kappa shape index (κ1) is 20.4. The van der Waals surface area contributed by atoms with Gasteiger partial charge in [-0.25, -0.2) is 4.98 Å². The van der Waals surface area contributed by atoms with Crippen molar-refractivity contribution in [2.24, 2.45) is 5.92 Å². The molecule has 3 aromatic rings. The lowest BCUT2D eigenvalue weighted by Crippen LogP contribution is -2.59. The van der Waals surface area contributed by atoms with Gasteiger partial charge in [0, 0.05) is 29.4 Å². The Hall–Kier alpha value is -2.50. The highest BCUT2D eigenvalue weighted by molar-refractivity contribution is 7.13. The summed E-state index contributed by atoms with van der Waals surface area (Å²) in [7, 11) is 0. The fourth-order valence-corrected chi connectivity index (χ4v) is 6.26. The molecule has 1 saturated carbocycles. The van der Waals surface area contributed by atoms with Crippen LogP contribution in [0.1, 0.15) is 43.4 Å². The summed E-state index contributed by atoms with van der Waals surface area (Å²) in [6, 6.07) is 20.2. The van der Waals surface area contributed by atoms with E-state index in [0.717, 1.165) is 47.5 Å². The molecule has 1 N–H and O–H groups in total. The number of nitrogens with zero attached hydrogens (tertiary/aromatic N) is 2. The minimum absolute atomic E-state index is 0.0941. The Kier molecular flexibility index (Phi) is 5.63. The third-order valence-electron chi connectivity index (χ3n) is 6.98. The van der Waals surface area contributed by atoms with E-state index < -0.39 is 5.60 Å². The van der Waals surface area contributed by atoms with Gasteiger partial charge in [-0.05, 0) is 24.8 Å². The Labute approximate surface area is 187 Å². The van der Waals surface area contributed by atoms with Crippen LogP contribution >= 0.6 is 11.3 Å². The van der Waals surface area contributed by atoms with Crippen molar-refractivity contribution in [2.75, 3.05) is 6.54 Å². The molecule has 1 aromatic heterocycles. The molecule has 3 atom stereocenters. The zero-order valence-corrected chi connectivity index (χ0v) is 18.4. The van der Waals surface area contributed by atoms with Crippen LogP contribution in [0.5, 0.6) is 0 Å². The SMILES string of the molecule is O=C(Cc1csc(-c2ccccc2)n1)N1CC[C@@](O)(c2ccccc2)[C@@H]2CCCC[C@H]21. The molecular formula is C26H28N2O2S. The number of carbonyl (C=O) groups excluding carboxylic acids is 1. The molecule has 1 amide bonds. The van der Waals surface area contributed by atoms with Gasteiger partial charge in [-0.2, -0.15) is 0 Å². The lowest BCUT2D eigenvalue weighted by atomic mass is 9.66.